The van der Waals surface area contributed by atoms with Gasteiger partial charge in [-0.3, -0.25) is 0 Å². The SMILES string of the molecule is COc1ccccc1CN[C@@H](C)c1cccc(C)c1. The number of benzene rings is 2. The van der Waals surface area contributed by atoms with Crippen molar-refractivity contribution in [2.24, 2.45) is 0 Å². The van der Waals surface area contributed by atoms with Crippen molar-refractivity contribution in [3.63, 3.8) is 0 Å². The van der Waals surface area contributed by atoms with Crippen molar-refractivity contribution >= 4 is 0 Å². The lowest BCUT2D eigenvalue weighted by molar-refractivity contribution is 0.406. The van der Waals surface area contributed by atoms with Gasteiger partial charge in [0.1, 0.15) is 5.75 Å². The zero-order valence-corrected chi connectivity index (χ0v) is 11.8. The van der Waals surface area contributed by atoms with Crippen LogP contribution in [0.4, 0.5) is 0 Å². The molecule has 0 aliphatic heterocycles. The Morgan fingerprint density at radius 3 is 2.63 bits per heavy atom. The highest BCUT2D eigenvalue weighted by Gasteiger charge is 2.07. The quantitative estimate of drug-likeness (QED) is 0.876. The van der Waals surface area contributed by atoms with E-state index in [0.29, 0.717) is 6.04 Å². The number of hydrogen-bond acceptors (Lipinski definition) is 2. The van der Waals surface area contributed by atoms with Crippen LogP contribution < -0.4 is 10.1 Å². The first-order valence-corrected chi connectivity index (χ1v) is 6.62. The van der Waals surface area contributed by atoms with E-state index < -0.39 is 0 Å². The van der Waals surface area contributed by atoms with Crippen LogP contribution >= 0.6 is 0 Å². The van der Waals surface area contributed by atoms with E-state index in [1.54, 1.807) is 7.11 Å². The maximum Gasteiger partial charge on any atom is 0.123 e. The molecule has 100 valence electrons. The van der Waals surface area contributed by atoms with Crippen molar-refractivity contribution in [3.05, 3.63) is 65.2 Å². The lowest BCUT2D eigenvalue weighted by Gasteiger charge is -2.16. The Labute approximate surface area is 115 Å². The second-order valence-electron chi connectivity index (χ2n) is 4.83. The van der Waals surface area contributed by atoms with Crippen LogP contribution in [-0.4, -0.2) is 7.11 Å². The third-order valence-electron chi connectivity index (χ3n) is 3.33. The summed E-state index contributed by atoms with van der Waals surface area (Å²) in [7, 11) is 1.71. The Bertz CT molecular complexity index is 536. The number of nitrogens with one attached hydrogen (secondary N) is 1. The summed E-state index contributed by atoms with van der Waals surface area (Å²) in [6, 6.07) is 17.0. The van der Waals surface area contributed by atoms with E-state index in [-0.39, 0.29) is 0 Å². The largest absolute Gasteiger partial charge is 0.496 e. The van der Waals surface area contributed by atoms with Crippen molar-refractivity contribution in [2.45, 2.75) is 26.4 Å². The van der Waals surface area contributed by atoms with Crippen LogP contribution in [-0.2, 0) is 6.54 Å². The number of para-hydroxylation sites is 1. The predicted molar refractivity (Wildman–Crippen MR) is 79.4 cm³/mol. The average Bonchev–Trinajstić information content (AvgIpc) is 2.45. The molecular formula is C17H21NO. The number of methoxy groups -OCH3 is 1. The molecule has 2 aromatic carbocycles. The van der Waals surface area contributed by atoms with E-state index in [1.807, 2.05) is 18.2 Å². The number of ether oxygens (including phenoxy) is 1. The van der Waals surface area contributed by atoms with Gasteiger partial charge in [0.2, 0.25) is 0 Å². The first kappa shape index (κ1) is 13.6. The minimum Gasteiger partial charge on any atom is -0.496 e. The fourth-order valence-electron chi connectivity index (χ4n) is 2.17. The lowest BCUT2D eigenvalue weighted by atomic mass is 10.1. The van der Waals surface area contributed by atoms with Crippen LogP contribution in [0.15, 0.2) is 48.5 Å². The Morgan fingerprint density at radius 2 is 1.89 bits per heavy atom. The first-order valence-electron chi connectivity index (χ1n) is 6.62. The minimum absolute atomic E-state index is 0.324. The molecule has 2 heteroatoms. The molecule has 2 aromatic rings. The van der Waals surface area contributed by atoms with Gasteiger partial charge < -0.3 is 10.1 Å². The molecule has 0 bridgehead atoms. The van der Waals surface area contributed by atoms with Crippen LogP contribution in [0.1, 0.15) is 29.7 Å². The smallest absolute Gasteiger partial charge is 0.123 e. The molecule has 0 aromatic heterocycles. The molecule has 2 nitrogen and oxygen atoms in total. The van der Waals surface area contributed by atoms with Gasteiger partial charge in [0, 0.05) is 18.2 Å². The number of rotatable bonds is 5. The molecule has 1 atom stereocenters. The average molecular weight is 255 g/mol. The molecule has 0 saturated carbocycles. The van der Waals surface area contributed by atoms with Gasteiger partial charge in [0.05, 0.1) is 7.11 Å². The summed E-state index contributed by atoms with van der Waals surface area (Å²) in [5.74, 6) is 0.937. The van der Waals surface area contributed by atoms with Gasteiger partial charge in [-0.15, -0.1) is 0 Å². The van der Waals surface area contributed by atoms with E-state index in [9.17, 15) is 0 Å². The van der Waals surface area contributed by atoms with E-state index in [1.165, 1.54) is 16.7 Å². The fourth-order valence-corrected chi connectivity index (χ4v) is 2.17. The normalized spacial score (nSPS) is 12.2. The predicted octanol–water partition coefficient (Wildman–Crippen LogP) is 3.85. The zero-order valence-electron chi connectivity index (χ0n) is 11.8. The standard InChI is InChI=1S/C17H21NO/c1-13-7-6-9-15(11-13)14(2)18-12-16-8-4-5-10-17(16)19-3/h4-11,14,18H,12H2,1-3H3/t14-/m0/s1. The summed E-state index contributed by atoms with van der Waals surface area (Å²) in [4.78, 5) is 0. The Balaban J connectivity index is 2.02. The topological polar surface area (TPSA) is 21.3 Å². The van der Waals surface area contributed by atoms with E-state index in [4.69, 9.17) is 4.74 Å². The van der Waals surface area contributed by atoms with Gasteiger partial charge in [-0.1, -0.05) is 48.0 Å². The Kier molecular flexibility index (Phi) is 4.58. The van der Waals surface area contributed by atoms with Crippen LogP contribution in [0.25, 0.3) is 0 Å². The van der Waals surface area contributed by atoms with Crippen LogP contribution in [0.3, 0.4) is 0 Å². The summed E-state index contributed by atoms with van der Waals surface area (Å²) in [6.07, 6.45) is 0. The molecule has 1 N–H and O–H groups in total. The molecule has 0 heterocycles. The highest BCUT2D eigenvalue weighted by atomic mass is 16.5. The lowest BCUT2D eigenvalue weighted by Crippen LogP contribution is -2.18. The van der Waals surface area contributed by atoms with Gasteiger partial charge in [-0.2, -0.15) is 0 Å². The van der Waals surface area contributed by atoms with Crippen LogP contribution in [0, 0.1) is 6.92 Å². The molecule has 0 amide bonds. The molecule has 0 fully saturated rings. The van der Waals surface area contributed by atoms with Crippen molar-refractivity contribution < 1.29 is 4.74 Å². The third-order valence-corrected chi connectivity index (χ3v) is 3.33. The van der Waals surface area contributed by atoms with Gasteiger partial charge >= 0.3 is 0 Å². The third kappa shape index (κ3) is 3.58. The summed E-state index contributed by atoms with van der Waals surface area (Å²) in [5, 5.41) is 3.54. The highest BCUT2D eigenvalue weighted by Crippen LogP contribution is 2.19. The van der Waals surface area contributed by atoms with Crippen LogP contribution in [0.2, 0.25) is 0 Å². The van der Waals surface area contributed by atoms with Crippen molar-refractivity contribution in [1.29, 1.82) is 0 Å². The van der Waals surface area contributed by atoms with Gasteiger partial charge in [-0.05, 0) is 25.5 Å². The highest BCUT2D eigenvalue weighted by molar-refractivity contribution is 5.33. The number of hydrogen-bond donors (Lipinski definition) is 1. The molecular weight excluding hydrogens is 234 g/mol. The summed E-state index contributed by atoms with van der Waals surface area (Å²) >= 11 is 0. The van der Waals surface area contributed by atoms with Crippen LogP contribution in [0.5, 0.6) is 5.75 Å². The molecule has 0 radical (unpaired) electrons. The summed E-state index contributed by atoms with van der Waals surface area (Å²) in [5.41, 5.74) is 3.79. The Hall–Kier alpha value is -1.80. The Morgan fingerprint density at radius 1 is 1.11 bits per heavy atom. The molecule has 0 aliphatic rings. The summed E-state index contributed by atoms with van der Waals surface area (Å²) < 4.78 is 5.36. The first-order chi connectivity index (χ1) is 9.20. The monoisotopic (exact) mass is 255 g/mol. The maximum atomic E-state index is 5.36. The fraction of sp³-hybridized carbons (Fsp3) is 0.294. The second kappa shape index (κ2) is 6.39. The van der Waals surface area contributed by atoms with E-state index in [2.05, 4.69) is 49.5 Å². The van der Waals surface area contributed by atoms with Gasteiger partial charge in [0.25, 0.3) is 0 Å². The molecule has 0 spiro atoms. The van der Waals surface area contributed by atoms with E-state index >= 15 is 0 Å². The second-order valence-corrected chi connectivity index (χ2v) is 4.83. The van der Waals surface area contributed by atoms with Crippen molar-refractivity contribution in [1.82, 2.24) is 5.32 Å². The van der Waals surface area contributed by atoms with Gasteiger partial charge in [-0.25, -0.2) is 0 Å². The van der Waals surface area contributed by atoms with Crippen molar-refractivity contribution in [2.75, 3.05) is 7.11 Å². The van der Waals surface area contributed by atoms with E-state index in [0.717, 1.165) is 12.3 Å². The molecule has 2 rings (SSSR count). The molecule has 0 saturated heterocycles. The molecule has 0 aliphatic carbocycles. The van der Waals surface area contributed by atoms with Crippen molar-refractivity contribution in [3.8, 4) is 5.75 Å². The molecule has 0 unspecified atom stereocenters. The zero-order chi connectivity index (χ0) is 13.7. The summed E-state index contributed by atoms with van der Waals surface area (Å²) in [6.45, 7) is 5.11. The minimum atomic E-state index is 0.324. The number of aryl methyl sites for hydroxylation is 1. The van der Waals surface area contributed by atoms with Gasteiger partial charge in [0.15, 0.2) is 0 Å². The maximum absolute atomic E-state index is 5.36. The molecule has 19 heavy (non-hydrogen) atoms.